The number of pyridine rings is 1. The number of amides is 2. The van der Waals surface area contributed by atoms with Crippen LogP contribution in [0.2, 0.25) is 0 Å². The fourth-order valence-corrected chi connectivity index (χ4v) is 6.70. The highest BCUT2D eigenvalue weighted by Gasteiger charge is 2.56. The molecule has 0 bridgehead atoms. The minimum Gasteiger partial charge on any atom is -0.475 e. The Morgan fingerprint density at radius 3 is 2.20 bits per heavy atom. The van der Waals surface area contributed by atoms with Gasteiger partial charge in [0.2, 0.25) is 5.60 Å². The first-order chi connectivity index (χ1) is 21.8. The number of likely N-dealkylation sites (tertiary alicyclic amines) is 2. The minimum absolute atomic E-state index is 0.00622. The first-order valence-electron chi connectivity index (χ1n) is 15.4. The molecule has 6 nitrogen and oxygen atoms in total. The van der Waals surface area contributed by atoms with Crippen molar-refractivity contribution in [1.82, 2.24) is 14.8 Å². The molecular formula is C34H35F6N3O3. The fraction of sp³-hybridized carbons (Fsp3) is 0.441. The maximum Gasteiger partial charge on any atom is 0.417 e. The minimum atomic E-state index is -4.82. The van der Waals surface area contributed by atoms with E-state index in [1.807, 2.05) is 37.3 Å². The van der Waals surface area contributed by atoms with Crippen molar-refractivity contribution in [1.29, 1.82) is 0 Å². The van der Waals surface area contributed by atoms with Crippen LogP contribution in [0.15, 0.2) is 73.1 Å². The monoisotopic (exact) mass is 647 g/mol. The summed E-state index contributed by atoms with van der Waals surface area (Å²) in [5.74, 6) is -1.15. The molecule has 1 aromatic heterocycles. The van der Waals surface area contributed by atoms with E-state index in [-0.39, 0.29) is 37.5 Å². The third-order valence-electron chi connectivity index (χ3n) is 8.94. The summed E-state index contributed by atoms with van der Waals surface area (Å²) in [5, 5.41) is 0. The Morgan fingerprint density at radius 1 is 0.913 bits per heavy atom. The molecule has 0 spiro atoms. The van der Waals surface area contributed by atoms with Crippen LogP contribution < -0.4 is 4.74 Å². The lowest BCUT2D eigenvalue weighted by atomic mass is 9.79. The third kappa shape index (κ3) is 6.85. The van der Waals surface area contributed by atoms with E-state index < -0.39 is 52.5 Å². The van der Waals surface area contributed by atoms with Gasteiger partial charge >= 0.3 is 12.4 Å². The standard InChI is InChI=1S/C34H35F6N3O3/c1-2-7-29-32(46-26-12-10-25(11-13-26)33(35,36)37,31(45)42-20-15-24(16-21-42)23-8-4-3-5-9-23)17-6-19-43(29)30(44)27-22-41-18-14-28(27)34(38,39)40/h3-5,8-14,18,22,24,29H,2,6-7,15-17,19-21H2,1H3/t29-,32+/m1/s1. The van der Waals surface area contributed by atoms with Crippen LogP contribution in [0.5, 0.6) is 5.75 Å². The van der Waals surface area contributed by atoms with Gasteiger partial charge in [-0.05, 0) is 67.5 Å². The SMILES string of the molecule is CCC[C@H]1N(C(=O)c2cnccc2C(F)(F)F)CCC[C@@]1(Oc1ccc(C(F)(F)F)cc1)C(=O)N1CCC(c2ccccc2)CC1. The van der Waals surface area contributed by atoms with Crippen LogP contribution >= 0.6 is 0 Å². The predicted octanol–water partition coefficient (Wildman–Crippen LogP) is 7.75. The van der Waals surface area contributed by atoms with Gasteiger partial charge in [0.1, 0.15) is 5.75 Å². The van der Waals surface area contributed by atoms with Gasteiger partial charge in [0, 0.05) is 38.4 Å². The molecule has 3 heterocycles. The van der Waals surface area contributed by atoms with E-state index in [1.165, 1.54) is 4.90 Å². The Bertz CT molecular complexity index is 1510. The molecule has 2 aliphatic rings. The number of hydrogen-bond donors (Lipinski definition) is 0. The number of aromatic nitrogens is 1. The number of ether oxygens (including phenoxy) is 1. The van der Waals surface area contributed by atoms with Gasteiger partial charge in [0.25, 0.3) is 11.8 Å². The maximum atomic E-state index is 14.7. The summed E-state index contributed by atoms with van der Waals surface area (Å²) in [6, 6.07) is 13.6. The van der Waals surface area contributed by atoms with E-state index in [0.29, 0.717) is 32.4 Å². The lowest BCUT2D eigenvalue weighted by Gasteiger charge is -2.50. The summed E-state index contributed by atoms with van der Waals surface area (Å²) in [5.41, 5.74) is -3.27. The summed E-state index contributed by atoms with van der Waals surface area (Å²) >= 11 is 0. The van der Waals surface area contributed by atoms with Gasteiger partial charge in [0.15, 0.2) is 0 Å². The lowest BCUT2D eigenvalue weighted by Crippen LogP contribution is -2.68. The van der Waals surface area contributed by atoms with Crippen molar-refractivity contribution in [3.8, 4) is 5.75 Å². The van der Waals surface area contributed by atoms with Gasteiger partial charge in [-0.25, -0.2) is 0 Å². The van der Waals surface area contributed by atoms with E-state index in [2.05, 4.69) is 4.98 Å². The number of alkyl halides is 6. The summed E-state index contributed by atoms with van der Waals surface area (Å²) in [4.78, 5) is 35.3. The topological polar surface area (TPSA) is 62.7 Å². The smallest absolute Gasteiger partial charge is 0.417 e. The van der Waals surface area contributed by atoms with Crippen LogP contribution in [-0.4, -0.2) is 57.9 Å². The largest absolute Gasteiger partial charge is 0.475 e. The normalized spacial score (nSPS) is 21.2. The Balaban J connectivity index is 1.52. The number of rotatable bonds is 7. The van der Waals surface area contributed by atoms with Gasteiger partial charge in [-0.2, -0.15) is 26.3 Å². The van der Waals surface area contributed by atoms with Gasteiger partial charge in [0.05, 0.1) is 22.7 Å². The average molecular weight is 648 g/mol. The van der Waals surface area contributed by atoms with Gasteiger partial charge in [-0.1, -0.05) is 43.7 Å². The molecule has 3 aromatic rings. The van der Waals surface area contributed by atoms with E-state index in [4.69, 9.17) is 4.74 Å². The second-order valence-corrected chi connectivity index (χ2v) is 11.8. The summed E-state index contributed by atoms with van der Waals surface area (Å²) in [7, 11) is 0. The first-order valence-corrected chi connectivity index (χ1v) is 15.4. The number of carbonyl (C=O) groups excluding carboxylic acids is 2. The number of hydrogen-bond acceptors (Lipinski definition) is 4. The van der Waals surface area contributed by atoms with Crippen molar-refractivity contribution in [2.45, 2.75) is 75.4 Å². The molecule has 5 rings (SSSR count). The molecule has 0 N–H and O–H groups in total. The third-order valence-corrected chi connectivity index (χ3v) is 8.94. The van der Waals surface area contributed by atoms with Crippen LogP contribution in [-0.2, 0) is 17.1 Å². The highest BCUT2D eigenvalue weighted by molar-refractivity contribution is 5.97. The molecule has 0 radical (unpaired) electrons. The van der Waals surface area contributed by atoms with E-state index in [0.717, 1.165) is 48.3 Å². The van der Waals surface area contributed by atoms with Crippen molar-refractivity contribution < 1.29 is 40.7 Å². The van der Waals surface area contributed by atoms with Crippen LogP contribution in [0.3, 0.4) is 0 Å². The molecule has 2 fully saturated rings. The second kappa shape index (κ2) is 13.3. The van der Waals surface area contributed by atoms with Crippen molar-refractivity contribution >= 4 is 11.8 Å². The molecule has 46 heavy (non-hydrogen) atoms. The zero-order chi connectivity index (χ0) is 33.1. The molecule has 2 amide bonds. The summed E-state index contributed by atoms with van der Waals surface area (Å²) < 4.78 is 88.2. The zero-order valence-electron chi connectivity index (χ0n) is 25.3. The molecule has 0 unspecified atom stereocenters. The van der Waals surface area contributed by atoms with Crippen molar-refractivity contribution in [2.24, 2.45) is 0 Å². The maximum absolute atomic E-state index is 14.7. The summed E-state index contributed by atoms with van der Waals surface area (Å²) in [6.45, 7) is 2.65. The fourth-order valence-electron chi connectivity index (χ4n) is 6.70. The molecule has 0 saturated carbocycles. The quantitative estimate of drug-likeness (QED) is 0.246. The van der Waals surface area contributed by atoms with Gasteiger partial charge in [-0.15, -0.1) is 0 Å². The molecule has 2 saturated heterocycles. The van der Waals surface area contributed by atoms with Crippen LogP contribution in [0.4, 0.5) is 26.3 Å². The Labute approximate surface area is 263 Å². The number of halogens is 6. The van der Waals surface area contributed by atoms with Crippen molar-refractivity contribution in [2.75, 3.05) is 19.6 Å². The molecule has 2 aromatic carbocycles. The molecule has 2 aliphatic heterocycles. The van der Waals surface area contributed by atoms with E-state index in [9.17, 15) is 35.9 Å². The number of nitrogens with zero attached hydrogens (tertiary/aromatic N) is 3. The summed E-state index contributed by atoms with van der Waals surface area (Å²) in [6.07, 6.45) is -5.24. The lowest BCUT2D eigenvalue weighted by molar-refractivity contribution is -0.160. The van der Waals surface area contributed by atoms with Gasteiger partial charge in [-0.3, -0.25) is 14.6 Å². The average Bonchev–Trinajstić information content (AvgIpc) is 3.05. The first kappa shape index (κ1) is 33.3. The number of carbonyl (C=O) groups is 2. The Morgan fingerprint density at radius 2 is 1.59 bits per heavy atom. The van der Waals surface area contributed by atoms with Crippen molar-refractivity contribution in [3.05, 3.63) is 95.3 Å². The van der Waals surface area contributed by atoms with Crippen molar-refractivity contribution in [3.63, 3.8) is 0 Å². The highest BCUT2D eigenvalue weighted by Crippen LogP contribution is 2.41. The van der Waals surface area contributed by atoms with Crippen LogP contribution in [0.1, 0.15) is 78.4 Å². The zero-order valence-corrected chi connectivity index (χ0v) is 25.3. The number of benzene rings is 2. The predicted molar refractivity (Wildman–Crippen MR) is 158 cm³/mol. The van der Waals surface area contributed by atoms with E-state index in [1.54, 1.807) is 4.90 Å². The van der Waals surface area contributed by atoms with E-state index >= 15 is 0 Å². The number of piperidine rings is 2. The highest BCUT2D eigenvalue weighted by atomic mass is 19.4. The van der Waals surface area contributed by atoms with Gasteiger partial charge < -0.3 is 14.5 Å². The second-order valence-electron chi connectivity index (χ2n) is 11.8. The molecule has 0 aliphatic carbocycles. The van der Waals surface area contributed by atoms with Crippen LogP contribution in [0, 0.1) is 0 Å². The molecule has 246 valence electrons. The molecule has 12 heteroatoms. The molecule has 2 atom stereocenters. The molecular weight excluding hydrogens is 612 g/mol. The Kier molecular flexibility index (Phi) is 9.65. The van der Waals surface area contributed by atoms with Crippen LogP contribution in [0.25, 0.3) is 0 Å². The Hall–Kier alpha value is -4.09.